The molecule has 19 heavy (non-hydrogen) atoms. The molecule has 114 valence electrons. The van der Waals surface area contributed by atoms with Gasteiger partial charge in [0.05, 0.1) is 5.92 Å². The van der Waals surface area contributed by atoms with Crippen LogP contribution < -0.4 is 5.73 Å². The van der Waals surface area contributed by atoms with Gasteiger partial charge >= 0.3 is 0 Å². The van der Waals surface area contributed by atoms with Crippen molar-refractivity contribution in [2.75, 3.05) is 40.3 Å². The van der Waals surface area contributed by atoms with Gasteiger partial charge in [-0.3, -0.25) is 4.79 Å². The van der Waals surface area contributed by atoms with Crippen LogP contribution in [0.3, 0.4) is 0 Å². The Morgan fingerprint density at radius 1 is 1.21 bits per heavy atom. The van der Waals surface area contributed by atoms with Gasteiger partial charge in [-0.2, -0.15) is 0 Å². The molecule has 0 aromatic heterocycles. The van der Waals surface area contributed by atoms with Crippen molar-refractivity contribution in [3.8, 4) is 0 Å². The van der Waals surface area contributed by atoms with E-state index in [2.05, 4.69) is 39.8 Å². The summed E-state index contributed by atoms with van der Waals surface area (Å²) < 4.78 is 0. The van der Waals surface area contributed by atoms with Crippen LogP contribution in [0.4, 0.5) is 0 Å². The van der Waals surface area contributed by atoms with Gasteiger partial charge < -0.3 is 15.5 Å². The molecule has 0 fully saturated rings. The van der Waals surface area contributed by atoms with E-state index in [4.69, 9.17) is 5.73 Å². The Kier molecular flexibility index (Phi) is 8.26. The second-order valence-corrected chi connectivity index (χ2v) is 6.77. The summed E-state index contributed by atoms with van der Waals surface area (Å²) in [6.45, 7) is 11.6. The number of carbonyl (C=O) groups excluding carboxylic acids is 1. The summed E-state index contributed by atoms with van der Waals surface area (Å²) in [4.78, 5) is 16.6. The van der Waals surface area contributed by atoms with Crippen LogP contribution in [0.1, 0.15) is 40.5 Å². The van der Waals surface area contributed by atoms with E-state index in [1.807, 2.05) is 11.8 Å². The van der Waals surface area contributed by atoms with Crippen LogP contribution >= 0.6 is 0 Å². The Morgan fingerprint density at radius 3 is 2.16 bits per heavy atom. The lowest BCUT2D eigenvalue weighted by atomic mass is 9.84. The number of carbonyl (C=O) groups is 1. The number of nitrogens with zero attached hydrogens (tertiary/aromatic N) is 2. The normalized spacial score (nSPS) is 13.7. The van der Waals surface area contributed by atoms with E-state index in [-0.39, 0.29) is 17.2 Å². The molecule has 0 aromatic carbocycles. The summed E-state index contributed by atoms with van der Waals surface area (Å²) in [5.74, 6) is 0.179. The Hall–Kier alpha value is -0.610. The molecular formula is C15H33N3O. The second-order valence-electron chi connectivity index (χ2n) is 6.77. The maximum Gasteiger partial charge on any atom is 0.226 e. The van der Waals surface area contributed by atoms with E-state index in [9.17, 15) is 4.79 Å². The van der Waals surface area contributed by atoms with Crippen LogP contribution in [0.15, 0.2) is 0 Å². The second kappa shape index (κ2) is 8.54. The van der Waals surface area contributed by atoms with Gasteiger partial charge in [0.25, 0.3) is 0 Å². The van der Waals surface area contributed by atoms with Crippen molar-refractivity contribution in [3.63, 3.8) is 0 Å². The van der Waals surface area contributed by atoms with Crippen molar-refractivity contribution in [1.29, 1.82) is 0 Å². The summed E-state index contributed by atoms with van der Waals surface area (Å²) >= 11 is 0. The summed E-state index contributed by atoms with van der Waals surface area (Å²) in [5, 5.41) is 0. The fraction of sp³-hybridized carbons (Fsp3) is 0.933. The standard InChI is InChI=1S/C15H33N3O/c1-7-18(10-8-9-17(5)6)14(19)13(12-16)11-15(2,3)4/h13H,7-12,16H2,1-6H3. The molecule has 0 bridgehead atoms. The number of rotatable bonds is 8. The van der Waals surface area contributed by atoms with Gasteiger partial charge in [-0.1, -0.05) is 20.8 Å². The molecule has 2 N–H and O–H groups in total. The molecule has 1 atom stereocenters. The monoisotopic (exact) mass is 271 g/mol. The molecule has 0 aliphatic carbocycles. The highest BCUT2D eigenvalue weighted by molar-refractivity contribution is 5.79. The zero-order chi connectivity index (χ0) is 15.1. The molecule has 0 aromatic rings. The largest absolute Gasteiger partial charge is 0.343 e. The third kappa shape index (κ3) is 8.22. The Morgan fingerprint density at radius 2 is 1.79 bits per heavy atom. The lowest BCUT2D eigenvalue weighted by molar-refractivity contribution is -0.136. The van der Waals surface area contributed by atoms with Gasteiger partial charge in [-0.05, 0) is 45.8 Å². The van der Waals surface area contributed by atoms with E-state index in [0.717, 1.165) is 32.5 Å². The highest BCUT2D eigenvalue weighted by Gasteiger charge is 2.26. The predicted octanol–water partition coefficient (Wildman–Crippen LogP) is 1.80. The minimum atomic E-state index is -0.0423. The minimum Gasteiger partial charge on any atom is -0.343 e. The van der Waals surface area contributed by atoms with Crippen molar-refractivity contribution in [2.45, 2.75) is 40.5 Å². The van der Waals surface area contributed by atoms with Gasteiger partial charge in [0.15, 0.2) is 0 Å². The van der Waals surface area contributed by atoms with E-state index in [1.165, 1.54) is 0 Å². The lowest BCUT2D eigenvalue weighted by Crippen LogP contribution is -2.41. The zero-order valence-electron chi connectivity index (χ0n) is 13.7. The molecule has 0 spiro atoms. The third-order valence-corrected chi connectivity index (χ3v) is 3.22. The van der Waals surface area contributed by atoms with Gasteiger partial charge in [0.2, 0.25) is 5.91 Å². The molecule has 1 unspecified atom stereocenters. The van der Waals surface area contributed by atoms with Crippen molar-refractivity contribution in [3.05, 3.63) is 0 Å². The molecule has 0 rings (SSSR count). The average Bonchev–Trinajstić information content (AvgIpc) is 2.29. The van der Waals surface area contributed by atoms with Gasteiger partial charge in [-0.15, -0.1) is 0 Å². The first kappa shape index (κ1) is 18.4. The number of nitrogens with two attached hydrogens (primary N) is 1. The molecule has 4 nitrogen and oxygen atoms in total. The molecule has 0 heterocycles. The highest BCUT2D eigenvalue weighted by Crippen LogP contribution is 2.25. The maximum atomic E-state index is 12.5. The molecule has 0 saturated heterocycles. The first-order valence-corrected chi connectivity index (χ1v) is 7.34. The third-order valence-electron chi connectivity index (χ3n) is 3.22. The summed E-state index contributed by atoms with van der Waals surface area (Å²) in [5.41, 5.74) is 5.94. The van der Waals surface area contributed by atoms with Crippen LogP contribution in [0.2, 0.25) is 0 Å². The molecule has 0 aliphatic rings. The lowest BCUT2D eigenvalue weighted by Gasteiger charge is -2.30. The van der Waals surface area contributed by atoms with Gasteiger partial charge in [0.1, 0.15) is 0 Å². The van der Waals surface area contributed by atoms with Crippen molar-refractivity contribution in [2.24, 2.45) is 17.1 Å². The van der Waals surface area contributed by atoms with E-state index < -0.39 is 0 Å². The van der Waals surface area contributed by atoms with Gasteiger partial charge in [0, 0.05) is 19.6 Å². The summed E-state index contributed by atoms with van der Waals surface area (Å²) in [6.07, 6.45) is 1.87. The topological polar surface area (TPSA) is 49.6 Å². The van der Waals surface area contributed by atoms with Crippen LogP contribution in [-0.4, -0.2) is 56.0 Å². The van der Waals surface area contributed by atoms with Crippen LogP contribution in [-0.2, 0) is 4.79 Å². The fourth-order valence-electron chi connectivity index (χ4n) is 2.27. The Labute approximate surface area is 119 Å². The van der Waals surface area contributed by atoms with Gasteiger partial charge in [-0.25, -0.2) is 0 Å². The number of hydrogen-bond acceptors (Lipinski definition) is 3. The highest BCUT2D eigenvalue weighted by atomic mass is 16.2. The zero-order valence-corrected chi connectivity index (χ0v) is 13.7. The maximum absolute atomic E-state index is 12.5. The van der Waals surface area contributed by atoms with E-state index in [1.54, 1.807) is 0 Å². The molecule has 4 heteroatoms. The minimum absolute atomic E-state index is 0.0423. The van der Waals surface area contributed by atoms with Crippen molar-refractivity contribution < 1.29 is 4.79 Å². The number of hydrogen-bond donors (Lipinski definition) is 1. The summed E-state index contributed by atoms with van der Waals surface area (Å²) in [7, 11) is 4.11. The van der Waals surface area contributed by atoms with Crippen molar-refractivity contribution >= 4 is 5.91 Å². The van der Waals surface area contributed by atoms with E-state index >= 15 is 0 Å². The smallest absolute Gasteiger partial charge is 0.226 e. The average molecular weight is 271 g/mol. The molecular weight excluding hydrogens is 238 g/mol. The molecule has 1 amide bonds. The molecule has 0 aliphatic heterocycles. The van der Waals surface area contributed by atoms with E-state index in [0.29, 0.717) is 6.54 Å². The Bertz CT molecular complexity index is 259. The van der Waals surface area contributed by atoms with Crippen molar-refractivity contribution in [1.82, 2.24) is 9.80 Å². The summed E-state index contributed by atoms with van der Waals surface area (Å²) in [6, 6.07) is 0. The first-order chi connectivity index (χ1) is 8.71. The molecule has 0 radical (unpaired) electrons. The number of amides is 1. The van der Waals surface area contributed by atoms with Crippen LogP contribution in [0.25, 0.3) is 0 Å². The molecule has 0 saturated carbocycles. The first-order valence-electron chi connectivity index (χ1n) is 7.34. The Balaban J connectivity index is 4.44. The van der Waals surface area contributed by atoms with Crippen LogP contribution in [0.5, 0.6) is 0 Å². The SMILES string of the molecule is CCN(CCCN(C)C)C(=O)C(CN)CC(C)(C)C. The fourth-order valence-corrected chi connectivity index (χ4v) is 2.27. The predicted molar refractivity (Wildman–Crippen MR) is 82.0 cm³/mol. The van der Waals surface area contributed by atoms with Crippen LogP contribution in [0, 0.1) is 11.3 Å². The quantitative estimate of drug-likeness (QED) is 0.732.